The van der Waals surface area contributed by atoms with E-state index in [1.807, 2.05) is 0 Å². The third-order valence-electron chi connectivity index (χ3n) is 1.82. The maximum absolute atomic E-state index is 5.39. The van der Waals surface area contributed by atoms with Crippen LogP contribution in [0, 0.1) is 0 Å². The van der Waals surface area contributed by atoms with Gasteiger partial charge in [0, 0.05) is 19.8 Å². The third kappa shape index (κ3) is 8.37. The quantitative estimate of drug-likeness (QED) is 0.463. The van der Waals surface area contributed by atoms with Crippen LogP contribution in [-0.2, 0) is 4.74 Å². The minimum absolute atomic E-state index is 0.860. The van der Waals surface area contributed by atoms with E-state index in [-0.39, 0.29) is 0 Å². The number of ether oxygens (including phenoxy) is 1. The number of nitrogens with zero attached hydrogens (tertiary/aromatic N) is 1. The molecule has 0 bridgehead atoms. The standard InChI is InChI=1S/C9H21NOS/c1-3-10(2)6-4-7-11-8-5-9-12/h12H,3-9H2,1-2H3. The molecule has 0 unspecified atom stereocenters. The average Bonchev–Trinajstić information content (AvgIpc) is 2.10. The van der Waals surface area contributed by atoms with E-state index in [9.17, 15) is 0 Å². The van der Waals surface area contributed by atoms with Crippen LogP contribution in [0.5, 0.6) is 0 Å². The summed E-state index contributed by atoms with van der Waals surface area (Å²) >= 11 is 4.11. The topological polar surface area (TPSA) is 12.5 Å². The summed E-state index contributed by atoms with van der Waals surface area (Å²) in [5, 5.41) is 0. The second kappa shape index (κ2) is 9.36. The Hall–Kier alpha value is 0.270. The summed E-state index contributed by atoms with van der Waals surface area (Å²) < 4.78 is 5.39. The van der Waals surface area contributed by atoms with Gasteiger partial charge in [-0.2, -0.15) is 12.6 Å². The summed E-state index contributed by atoms with van der Waals surface area (Å²) in [6, 6.07) is 0. The largest absolute Gasteiger partial charge is 0.381 e. The molecule has 0 amide bonds. The molecule has 0 aliphatic heterocycles. The Morgan fingerprint density at radius 1 is 1.25 bits per heavy atom. The van der Waals surface area contributed by atoms with Crippen molar-refractivity contribution in [3.05, 3.63) is 0 Å². The van der Waals surface area contributed by atoms with Crippen LogP contribution in [0.15, 0.2) is 0 Å². The zero-order valence-electron chi connectivity index (χ0n) is 8.25. The first-order valence-corrected chi connectivity index (χ1v) is 5.31. The van der Waals surface area contributed by atoms with Gasteiger partial charge in [0.15, 0.2) is 0 Å². The predicted octanol–water partition coefficient (Wildman–Crippen LogP) is 1.66. The Morgan fingerprint density at radius 3 is 2.50 bits per heavy atom. The summed E-state index contributed by atoms with van der Waals surface area (Å²) in [5.74, 6) is 0.925. The van der Waals surface area contributed by atoms with E-state index in [0.717, 1.165) is 44.9 Å². The smallest absolute Gasteiger partial charge is 0.0478 e. The lowest BCUT2D eigenvalue weighted by atomic mass is 10.4. The number of hydrogen-bond donors (Lipinski definition) is 1. The van der Waals surface area contributed by atoms with E-state index in [2.05, 4.69) is 31.5 Å². The van der Waals surface area contributed by atoms with Gasteiger partial charge in [-0.05, 0) is 32.2 Å². The first-order valence-electron chi connectivity index (χ1n) is 4.68. The van der Waals surface area contributed by atoms with E-state index in [0.29, 0.717) is 0 Å². The van der Waals surface area contributed by atoms with Gasteiger partial charge in [0.25, 0.3) is 0 Å². The predicted molar refractivity (Wildman–Crippen MR) is 57.1 cm³/mol. The first kappa shape index (κ1) is 12.3. The highest BCUT2D eigenvalue weighted by Crippen LogP contribution is 1.90. The molecule has 0 saturated carbocycles. The molecule has 0 aliphatic carbocycles. The molecule has 0 saturated heterocycles. The lowest BCUT2D eigenvalue weighted by Crippen LogP contribution is -2.20. The van der Waals surface area contributed by atoms with Crippen molar-refractivity contribution in [1.82, 2.24) is 4.90 Å². The molecule has 0 atom stereocenters. The number of thiol groups is 1. The Kier molecular flexibility index (Phi) is 9.57. The van der Waals surface area contributed by atoms with Crippen molar-refractivity contribution in [3.63, 3.8) is 0 Å². The third-order valence-corrected chi connectivity index (χ3v) is 2.13. The Morgan fingerprint density at radius 2 is 1.92 bits per heavy atom. The van der Waals surface area contributed by atoms with Gasteiger partial charge >= 0.3 is 0 Å². The fourth-order valence-electron chi connectivity index (χ4n) is 0.863. The summed E-state index contributed by atoms with van der Waals surface area (Å²) in [7, 11) is 2.13. The van der Waals surface area contributed by atoms with Crippen LogP contribution < -0.4 is 0 Å². The summed E-state index contributed by atoms with van der Waals surface area (Å²) in [6.45, 7) is 6.17. The van der Waals surface area contributed by atoms with Gasteiger partial charge < -0.3 is 9.64 Å². The minimum Gasteiger partial charge on any atom is -0.381 e. The van der Waals surface area contributed by atoms with Crippen LogP contribution in [0.2, 0.25) is 0 Å². The molecule has 2 nitrogen and oxygen atoms in total. The number of rotatable bonds is 8. The zero-order valence-corrected chi connectivity index (χ0v) is 9.15. The molecule has 0 aromatic heterocycles. The normalized spacial score (nSPS) is 11.0. The van der Waals surface area contributed by atoms with Gasteiger partial charge in [-0.15, -0.1) is 0 Å². The van der Waals surface area contributed by atoms with Crippen LogP contribution in [0.25, 0.3) is 0 Å². The van der Waals surface area contributed by atoms with Gasteiger partial charge in [0.05, 0.1) is 0 Å². The van der Waals surface area contributed by atoms with Crippen molar-refractivity contribution >= 4 is 12.6 Å². The first-order chi connectivity index (χ1) is 5.81. The lowest BCUT2D eigenvalue weighted by molar-refractivity contribution is 0.125. The van der Waals surface area contributed by atoms with Crippen molar-refractivity contribution in [1.29, 1.82) is 0 Å². The van der Waals surface area contributed by atoms with E-state index < -0.39 is 0 Å². The van der Waals surface area contributed by atoms with Crippen molar-refractivity contribution in [2.24, 2.45) is 0 Å². The molecule has 0 spiro atoms. The Labute approximate surface area is 81.7 Å². The second-order valence-corrected chi connectivity index (χ2v) is 3.39. The molecule has 0 N–H and O–H groups in total. The molecule has 0 aromatic carbocycles. The van der Waals surface area contributed by atoms with E-state index >= 15 is 0 Å². The van der Waals surface area contributed by atoms with Crippen molar-refractivity contribution < 1.29 is 4.74 Å². The highest BCUT2D eigenvalue weighted by Gasteiger charge is 1.93. The monoisotopic (exact) mass is 191 g/mol. The second-order valence-electron chi connectivity index (χ2n) is 2.94. The van der Waals surface area contributed by atoms with Gasteiger partial charge in [-0.1, -0.05) is 6.92 Å². The molecule has 0 radical (unpaired) electrons. The van der Waals surface area contributed by atoms with Gasteiger partial charge in [-0.25, -0.2) is 0 Å². The van der Waals surface area contributed by atoms with Crippen LogP contribution in [-0.4, -0.2) is 44.0 Å². The van der Waals surface area contributed by atoms with Gasteiger partial charge in [-0.3, -0.25) is 0 Å². The zero-order chi connectivity index (χ0) is 9.23. The lowest BCUT2D eigenvalue weighted by Gasteiger charge is -2.12. The molecule has 74 valence electrons. The van der Waals surface area contributed by atoms with E-state index in [4.69, 9.17) is 4.74 Å². The summed E-state index contributed by atoms with van der Waals surface area (Å²) in [5.41, 5.74) is 0. The molecule has 12 heavy (non-hydrogen) atoms. The fourth-order valence-corrected chi connectivity index (χ4v) is 0.992. The van der Waals surface area contributed by atoms with Crippen LogP contribution >= 0.6 is 12.6 Å². The molecule has 0 heterocycles. The molecule has 0 fully saturated rings. The minimum atomic E-state index is 0.860. The van der Waals surface area contributed by atoms with E-state index in [1.54, 1.807) is 0 Å². The molecular formula is C9H21NOS. The molecule has 3 heteroatoms. The summed E-state index contributed by atoms with van der Waals surface area (Å²) in [4.78, 5) is 2.29. The molecule has 0 rings (SSSR count). The highest BCUT2D eigenvalue weighted by atomic mass is 32.1. The van der Waals surface area contributed by atoms with Gasteiger partial charge in [0.1, 0.15) is 0 Å². The van der Waals surface area contributed by atoms with Crippen molar-refractivity contribution in [2.75, 3.05) is 39.1 Å². The number of hydrogen-bond acceptors (Lipinski definition) is 3. The Bertz CT molecular complexity index is 90.6. The maximum Gasteiger partial charge on any atom is 0.0478 e. The average molecular weight is 191 g/mol. The van der Waals surface area contributed by atoms with Gasteiger partial charge in [0.2, 0.25) is 0 Å². The molecular weight excluding hydrogens is 170 g/mol. The van der Waals surface area contributed by atoms with E-state index in [1.165, 1.54) is 0 Å². The molecule has 0 aromatic rings. The van der Waals surface area contributed by atoms with Crippen molar-refractivity contribution in [3.8, 4) is 0 Å². The summed E-state index contributed by atoms with van der Waals surface area (Å²) in [6.07, 6.45) is 2.20. The van der Waals surface area contributed by atoms with Crippen LogP contribution in [0.1, 0.15) is 19.8 Å². The SMILES string of the molecule is CCN(C)CCCOCCCS. The van der Waals surface area contributed by atoms with Crippen LogP contribution in [0.4, 0.5) is 0 Å². The fraction of sp³-hybridized carbons (Fsp3) is 1.00. The molecule has 0 aliphatic rings. The Balaban J connectivity index is 2.90. The van der Waals surface area contributed by atoms with Crippen LogP contribution in [0.3, 0.4) is 0 Å². The highest BCUT2D eigenvalue weighted by molar-refractivity contribution is 7.80. The van der Waals surface area contributed by atoms with Crippen molar-refractivity contribution in [2.45, 2.75) is 19.8 Å². The maximum atomic E-state index is 5.39.